The molecule has 1 fully saturated rings. The summed E-state index contributed by atoms with van der Waals surface area (Å²) in [5, 5.41) is 0.718. The number of hydrogen-bond donors (Lipinski definition) is 1. The van der Waals surface area contributed by atoms with Crippen LogP contribution in [0.15, 0.2) is 18.2 Å². The molecule has 0 bridgehead atoms. The molecule has 0 heterocycles. The van der Waals surface area contributed by atoms with Gasteiger partial charge in [0, 0.05) is 16.6 Å². The lowest BCUT2D eigenvalue weighted by Gasteiger charge is -2.21. The van der Waals surface area contributed by atoms with Crippen LogP contribution in [0.1, 0.15) is 57.1 Å². The minimum Gasteiger partial charge on any atom is -0.490 e. The number of ether oxygens (including phenoxy) is 1. The third-order valence-electron chi connectivity index (χ3n) is 3.56. The lowest BCUT2D eigenvalue weighted by atomic mass is 10.1. The van der Waals surface area contributed by atoms with E-state index in [0.717, 1.165) is 29.2 Å². The molecule has 2 N–H and O–H groups in total. The van der Waals surface area contributed by atoms with E-state index in [1.54, 1.807) is 0 Å². The maximum Gasteiger partial charge on any atom is 0.124 e. The Hall–Kier alpha value is -0.730. The first-order valence-electron chi connectivity index (χ1n) is 6.88. The summed E-state index contributed by atoms with van der Waals surface area (Å²) in [5.74, 6) is 0.904. The van der Waals surface area contributed by atoms with Crippen molar-refractivity contribution < 1.29 is 4.74 Å². The molecule has 2 rings (SSSR count). The minimum absolute atomic E-state index is 0.0514. The van der Waals surface area contributed by atoms with E-state index in [9.17, 15) is 0 Å². The quantitative estimate of drug-likeness (QED) is 0.821. The van der Waals surface area contributed by atoms with Gasteiger partial charge in [-0.2, -0.15) is 0 Å². The maximum atomic E-state index is 6.14. The number of nitrogens with two attached hydrogens (primary N) is 1. The Balaban J connectivity index is 2.12. The summed E-state index contributed by atoms with van der Waals surface area (Å²) in [5.41, 5.74) is 6.99. The van der Waals surface area contributed by atoms with Gasteiger partial charge < -0.3 is 10.5 Å². The first-order valence-corrected chi connectivity index (χ1v) is 7.26. The molecule has 2 nitrogen and oxygen atoms in total. The van der Waals surface area contributed by atoms with Crippen LogP contribution < -0.4 is 10.5 Å². The van der Waals surface area contributed by atoms with Gasteiger partial charge in [0.2, 0.25) is 0 Å². The van der Waals surface area contributed by atoms with Gasteiger partial charge in [0.1, 0.15) is 5.75 Å². The van der Waals surface area contributed by atoms with Crippen LogP contribution in [0.5, 0.6) is 5.75 Å². The smallest absolute Gasteiger partial charge is 0.124 e. The number of hydrogen-bond acceptors (Lipinski definition) is 2. The highest BCUT2D eigenvalue weighted by molar-refractivity contribution is 6.30. The summed E-state index contributed by atoms with van der Waals surface area (Å²) in [6, 6.07) is 5.69. The zero-order valence-corrected chi connectivity index (χ0v) is 11.7. The van der Waals surface area contributed by atoms with Crippen LogP contribution in [0.3, 0.4) is 0 Å². The van der Waals surface area contributed by atoms with Crippen molar-refractivity contribution in [2.75, 3.05) is 0 Å². The molecule has 0 aromatic heterocycles. The van der Waals surface area contributed by atoms with E-state index >= 15 is 0 Å². The highest BCUT2D eigenvalue weighted by Crippen LogP contribution is 2.30. The van der Waals surface area contributed by atoms with Crippen LogP contribution in [-0.4, -0.2) is 6.10 Å². The van der Waals surface area contributed by atoms with Gasteiger partial charge in [-0.3, -0.25) is 0 Å². The Bertz CT molecular complexity index is 384. The Morgan fingerprint density at radius 1 is 1.22 bits per heavy atom. The average Bonchev–Trinajstić information content (AvgIpc) is 2.60. The first-order chi connectivity index (χ1) is 8.66. The van der Waals surface area contributed by atoms with Crippen LogP contribution in [0.25, 0.3) is 0 Å². The van der Waals surface area contributed by atoms with Gasteiger partial charge in [-0.05, 0) is 50.8 Å². The maximum absolute atomic E-state index is 6.14. The molecular formula is C15H22ClNO. The lowest BCUT2D eigenvalue weighted by Crippen LogP contribution is -2.17. The molecule has 0 amide bonds. The molecule has 1 aromatic rings. The molecule has 1 aliphatic rings. The molecule has 1 unspecified atom stereocenters. The molecule has 0 aliphatic heterocycles. The number of halogens is 1. The highest BCUT2D eigenvalue weighted by atomic mass is 35.5. The summed E-state index contributed by atoms with van der Waals surface area (Å²) in [4.78, 5) is 0. The van der Waals surface area contributed by atoms with Crippen molar-refractivity contribution in [3.8, 4) is 5.75 Å². The van der Waals surface area contributed by atoms with Crippen LogP contribution in [0.4, 0.5) is 0 Å². The fourth-order valence-electron chi connectivity index (χ4n) is 2.52. The molecule has 3 heteroatoms. The van der Waals surface area contributed by atoms with Crippen LogP contribution in [0.2, 0.25) is 5.02 Å². The van der Waals surface area contributed by atoms with Gasteiger partial charge in [-0.1, -0.05) is 24.4 Å². The van der Waals surface area contributed by atoms with Crippen molar-refractivity contribution in [1.29, 1.82) is 0 Å². The second kappa shape index (κ2) is 6.44. The molecule has 18 heavy (non-hydrogen) atoms. The molecule has 0 radical (unpaired) electrons. The van der Waals surface area contributed by atoms with E-state index in [-0.39, 0.29) is 6.04 Å². The molecule has 1 aliphatic carbocycles. The fraction of sp³-hybridized carbons (Fsp3) is 0.600. The topological polar surface area (TPSA) is 35.2 Å². The van der Waals surface area contributed by atoms with E-state index in [0.29, 0.717) is 6.10 Å². The van der Waals surface area contributed by atoms with Gasteiger partial charge in [0.15, 0.2) is 0 Å². The lowest BCUT2D eigenvalue weighted by molar-refractivity contribution is 0.181. The molecule has 1 aromatic carbocycles. The zero-order chi connectivity index (χ0) is 13.0. The van der Waals surface area contributed by atoms with E-state index in [4.69, 9.17) is 22.1 Å². The first kappa shape index (κ1) is 13.7. The van der Waals surface area contributed by atoms with Crippen molar-refractivity contribution in [3.05, 3.63) is 28.8 Å². The summed E-state index contributed by atoms with van der Waals surface area (Å²) in [7, 11) is 0. The fourth-order valence-corrected chi connectivity index (χ4v) is 2.70. The standard InChI is InChI=1S/C15H22ClNO/c1-11(17)14-10-12(16)8-9-15(14)18-13-6-4-2-3-5-7-13/h8-11,13H,2-7,17H2,1H3. The van der Waals surface area contributed by atoms with Crippen LogP contribution >= 0.6 is 11.6 Å². The summed E-state index contributed by atoms with van der Waals surface area (Å²) >= 11 is 6.02. The van der Waals surface area contributed by atoms with Gasteiger partial charge >= 0.3 is 0 Å². The minimum atomic E-state index is -0.0514. The largest absolute Gasteiger partial charge is 0.490 e. The Morgan fingerprint density at radius 2 is 1.89 bits per heavy atom. The van der Waals surface area contributed by atoms with Gasteiger partial charge in [-0.25, -0.2) is 0 Å². The molecule has 100 valence electrons. The van der Waals surface area contributed by atoms with Crippen molar-refractivity contribution in [2.24, 2.45) is 5.73 Å². The monoisotopic (exact) mass is 267 g/mol. The Labute approximate surface area is 114 Å². The Morgan fingerprint density at radius 3 is 2.50 bits per heavy atom. The number of benzene rings is 1. The van der Waals surface area contributed by atoms with Gasteiger partial charge in [-0.15, -0.1) is 0 Å². The molecule has 1 saturated carbocycles. The zero-order valence-electron chi connectivity index (χ0n) is 11.0. The summed E-state index contributed by atoms with van der Waals surface area (Å²) in [6.45, 7) is 1.96. The average molecular weight is 268 g/mol. The third-order valence-corrected chi connectivity index (χ3v) is 3.79. The Kier molecular flexibility index (Phi) is 4.90. The van der Waals surface area contributed by atoms with Crippen molar-refractivity contribution in [2.45, 2.75) is 57.6 Å². The van der Waals surface area contributed by atoms with E-state index in [1.165, 1.54) is 25.7 Å². The predicted octanol–water partition coefficient (Wildman–Crippen LogP) is 4.46. The molecule has 0 saturated heterocycles. The van der Waals surface area contributed by atoms with Gasteiger partial charge in [0.05, 0.1) is 6.10 Å². The highest BCUT2D eigenvalue weighted by Gasteiger charge is 2.16. The normalized spacial score (nSPS) is 19.3. The van der Waals surface area contributed by atoms with Crippen LogP contribution in [-0.2, 0) is 0 Å². The summed E-state index contributed by atoms with van der Waals surface area (Å²) < 4.78 is 6.14. The molecule has 0 spiro atoms. The number of rotatable bonds is 3. The SMILES string of the molecule is CC(N)c1cc(Cl)ccc1OC1CCCCCC1. The molecular weight excluding hydrogens is 246 g/mol. The van der Waals surface area contributed by atoms with Crippen LogP contribution in [0, 0.1) is 0 Å². The second-order valence-electron chi connectivity index (χ2n) is 5.20. The second-order valence-corrected chi connectivity index (χ2v) is 5.64. The van der Waals surface area contributed by atoms with Crippen molar-refractivity contribution >= 4 is 11.6 Å². The van der Waals surface area contributed by atoms with Gasteiger partial charge in [0.25, 0.3) is 0 Å². The summed E-state index contributed by atoms with van der Waals surface area (Å²) in [6.07, 6.45) is 7.85. The van der Waals surface area contributed by atoms with Crippen molar-refractivity contribution in [3.63, 3.8) is 0 Å². The molecule has 1 atom stereocenters. The van der Waals surface area contributed by atoms with E-state index in [1.807, 2.05) is 25.1 Å². The third kappa shape index (κ3) is 3.63. The van der Waals surface area contributed by atoms with E-state index < -0.39 is 0 Å². The van der Waals surface area contributed by atoms with E-state index in [2.05, 4.69) is 0 Å². The predicted molar refractivity (Wildman–Crippen MR) is 76.2 cm³/mol. The van der Waals surface area contributed by atoms with Crippen molar-refractivity contribution in [1.82, 2.24) is 0 Å².